The summed E-state index contributed by atoms with van der Waals surface area (Å²) in [5.41, 5.74) is 2.76. The highest BCUT2D eigenvalue weighted by Crippen LogP contribution is 2.27. The Morgan fingerprint density at radius 1 is 1.37 bits per heavy atom. The van der Waals surface area contributed by atoms with Crippen LogP contribution in [-0.2, 0) is 0 Å². The lowest BCUT2D eigenvalue weighted by Gasteiger charge is -2.40. The van der Waals surface area contributed by atoms with Gasteiger partial charge in [0.05, 0.1) is 0 Å². The molecule has 1 fully saturated rings. The van der Waals surface area contributed by atoms with Gasteiger partial charge in [0, 0.05) is 12.6 Å². The van der Waals surface area contributed by atoms with Crippen molar-refractivity contribution in [2.75, 3.05) is 12.0 Å². The maximum atomic E-state index is 12.5. The zero-order valence-corrected chi connectivity index (χ0v) is 11.6. The Morgan fingerprint density at radius 3 is 2.68 bits per heavy atom. The molecule has 6 nitrogen and oxygen atoms in total. The maximum Gasteiger partial charge on any atom is 0.274 e. The maximum absolute atomic E-state index is 12.5. The number of nitrogen functional groups attached to an aromatic ring is 1. The normalized spacial score (nSPS) is 27.2. The minimum Gasteiger partial charge on any atom is -0.334 e. The van der Waals surface area contributed by atoms with Crippen LogP contribution in [0.5, 0.6) is 0 Å². The van der Waals surface area contributed by atoms with Crippen molar-refractivity contribution >= 4 is 11.7 Å². The van der Waals surface area contributed by atoms with Crippen molar-refractivity contribution in [2.45, 2.75) is 33.2 Å². The molecule has 0 bridgehead atoms. The molecule has 6 heteroatoms. The van der Waals surface area contributed by atoms with Gasteiger partial charge in [-0.3, -0.25) is 4.79 Å². The summed E-state index contributed by atoms with van der Waals surface area (Å²) in [6.45, 7) is 7.24. The standard InChI is InChI=1S/C13H21N5O/c1-8-6-9(2)10(3)18(7-8)13(19)11-4-5-12(15-14)17-16-11/h4-5,8-10H,6-7,14H2,1-3H3,(H,15,17). The molecule has 1 aliphatic rings. The van der Waals surface area contributed by atoms with Crippen LogP contribution in [0.25, 0.3) is 0 Å². The molecule has 1 aromatic heterocycles. The third kappa shape index (κ3) is 2.84. The van der Waals surface area contributed by atoms with E-state index in [4.69, 9.17) is 5.84 Å². The van der Waals surface area contributed by atoms with Gasteiger partial charge in [0.15, 0.2) is 11.5 Å². The largest absolute Gasteiger partial charge is 0.334 e. The van der Waals surface area contributed by atoms with Gasteiger partial charge in [-0.25, -0.2) is 5.84 Å². The Balaban J connectivity index is 2.17. The summed E-state index contributed by atoms with van der Waals surface area (Å²) in [6.07, 6.45) is 1.16. The number of aromatic nitrogens is 2. The van der Waals surface area contributed by atoms with E-state index in [-0.39, 0.29) is 11.9 Å². The number of rotatable bonds is 2. The third-order valence-electron chi connectivity index (χ3n) is 3.89. The van der Waals surface area contributed by atoms with Gasteiger partial charge in [-0.05, 0) is 37.3 Å². The highest BCUT2D eigenvalue weighted by molar-refractivity contribution is 5.92. The lowest BCUT2D eigenvalue weighted by Crippen LogP contribution is -2.49. The molecule has 3 N–H and O–H groups in total. The van der Waals surface area contributed by atoms with Gasteiger partial charge >= 0.3 is 0 Å². The predicted octanol–water partition coefficient (Wildman–Crippen LogP) is 1.27. The smallest absolute Gasteiger partial charge is 0.274 e. The lowest BCUT2D eigenvalue weighted by atomic mass is 9.86. The van der Waals surface area contributed by atoms with Crippen LogP contribution in [0.15, 0.2) is 12.1 Å². The van der Waals surface area contributed by atoms with Crippen molar-refractivity contribution in [3.63, 3.8) is 0 Å². The van der Waals surface area contributed by atoms with Crippen molar-refractivity contribution in [2.24, 2.45) is 17.7 Å². The van der Waals surface area contributed by atoms with E-state index in [0.29, 0.717) is 23.3 Å². The van der Waals surface area contributed by atoms with Crippen LogP contribution in [0.1, 0.15) is 37.7 Å². The number of hydrogen-bond donors (Lipinski definition) is 2. The van der Waals surface area contributed by atoms with Gasteiger partial charge in [-0.2, -0.15) is 0 Å². The molecule has 1 aliphatic heterocycles. The molecule has 2 heterocycles. The van der Waals surface area contributed by atoms with Crippen LogP contribution >= 0.6 is 0 Å². The monoisotopic (exact) mass is 263 g/mol. The van der Waals surface area contributed by atoms with E-state index < -0.39 is 0 Å². The quantitative estimate of drug-likeness (QED) is 0.620. The van der Waals surface area contributed by atoms with Crippen LogP contribution in [0.4, 0.5) is 5.82 Å². The van der Waals surface area contributed by atoms with Gasteiger partial charge < -0.3 is 10.3 Å². The number of anilines is 1. The average Bonchev–Trinajstić information content (AvgIpc) is 2.42. The van der Waals surface area contributed by atoms with Gasteiger partial charge in [0.1, 0.15) is 0 Å². The number of nitrogens with one attached hydrogen (secondary N) is 1. The molecule has 19 heavy (non-hydrogen) atoms. The highest BCUT2D eigenvalue weighted by atomic mass is 16.2. The Hall–Kier alpha value is -1.69. The molecule has 0 aliphatic carbocycles. The molecular formula is C13H21N5O. The Labute approximate surface area is 113 Å². The van der Waals surface area contributed by atoms with Crippen LogP contribution in [0, 0.1) is 11.8 Å². The number of hydrogen-bond acceptors (Lipinski definition) is 5. The van der Waals surface area contributed by atoms with E-state index in [2.05, 4.69) is 36.4 Å². The van der Waals surface area contributed by atoms with Crippen LogP contribution in [0.3, 0.4) is 0 Å². The number of hydrazine groups is 1. The summed E-state index contributed by atoms with van der Waals surface area (Å²) >= 11 is 0. The van der Waals surface area contributed by atoms with Crippen LogP contribution in [-0.4, -0.2) is 33.6 Å². The molecule has 2 rings (SSSR count). The number of piperidine rings is 1. The third-order valence-corrected chi connectivity index (χ3v) is 3.89. The van der Waals surface area contributed by atoms with Gasteiger partial charge in [0.25, 0.3) is 5.91 Å². The van der Waals surface area contributed by atoms with Crippen molar-refractivity contribution in [1.29, 1.82) is 0 Å². The number of carbonyl (C=O) groups is 1. The molecule has 0 spiro atoms. The number of likely N-dealkylation sites (tertiary alicyclic amines) is 1. The molecule has 1 saturated heterocycles. The van der Waals surface area contributed by atoms with Gasteiger partial charge in [-0.1, -0.05) is 13.8 Å². The molecule has 104 valence electrons. The second-order valence-electron chi connectivity index (χ2n) is 5.46. The van der Waals surface area contributed by atoms with Crippen molar-refractivity contribution in [3.8, 4) is 0 Å². The fourth-order valence-corrected chi connectivity index (χ4v) is 2.65. The van der Waals surface area contributed by atoms with E-state index >= 15 is 0 Å². The van der Waals surface area contributed by atoms with E-state index in [1.807, 2.05) is 4.90 Å². The van der Waals surface area contributed by atoms with Gasteiger partial charge in [0.2, 0.25) is 0 Å². The molecule has 1 aromatic rings. The van der Waals surface area contributed by atoms with Crippen molar-refractivity contribution in [1.82, 2.24) is 15.1 Å². The highest BCUT2D eigenvalue weighted by Gasteiger charge is 2.32. The first-order valence-electron chi connectivity index (χ1n) is 6.64. The van der Waals surface area contributed by atoms with Crippen LogP contribution in [0.2, 0.25) is 0 Å². The molecule has 0 aromatic carbocycles. The number of amides is 1. The molecule has 3 unspecified atom stereocenters. The van der Waals surface area contributed by atoms with E-state index in [1.165, 1.54) is 0 Å². The minimum absolute atomic E-state index is 0.0537. The summed E-state index contributed by atoms with van der Waals surface area (Å²) in [7, 11) is 0. The molecule has 1 amide bonds. The fraction of sp³-hybridized carbons (Fsp3) is 0.615. The van der Waals surface area contributed by atoms with Gasteiger partial charge in [-0.15, -0.1) is 10.2 Å². The number of nitrogens with two attached hydrogens (primary N) is 1. The Morgan fingerprint density at radius 2 is 2.11 bits per heavy atom. The number of carbonyl (C=O) groups excluding carboxylic acids is 1. The lowest BCUT2D eigenvalue weighted by molar-refractivity contribution is 0.0449. The Bertz CT molecular complexity index is 447. The summed E-state index contributed by atoms with van der Waals surface area (Å²) in [5, 5.41) is 7.77. The summed E-state index contributed by atoms with van der Waals surface area (Å²) in [5.74, 6) is 6.65. The topological polar surface area (TPSA) is 84.1 Å². The summed E-state index contributed by atoms with van der Waals surface area (Å²) < 4.78 is 0. The Kier molecular flexibility index (Phi) is 3.99. The van der Waals surface area contributed by atoms with E-state index in [1.54, 1.807) is 12.1 Å². The van der Waals surface area contributed by atoms with Crippen molar-refractivity contribution in [3.05, 3.63) is 17.8 Å². The molecule has 0 saturated carbocycles. The SMILES string of the molecule is CC1CC(C)C(C)N(C(=O)c2ccc(NN)nn2)C1. The summed E-state index contributed by atoms with van der Waals surface area (Å²) in [4.78, 5) is 14.4. The van der Waals surface area contributed by atoms with Crippen LogP contribution < -0.4 is 11.3 Å². The predicted molar refractivity (Wildman–Crippen MR) is 73.3 cm³/mol. The molecular weight excluding hydrogens is 242 g/mol. The minimum atomic E-state index is -0.0537. The second kappa shape index (κ2) is 5.52. The zero-order chi connectivity index (χ0) is 14.0. The first kappa shape index (κ1) is 13.7. The fourth-order valence-electron chi connectivity index (χ4n) is 2.65. The first-order chi connectivity index (χ1) is 9.02. The van der Waals surface area contributed by atoms with E-state index in [0.717, 1.165) is 13.0 Å². The molecule has 3 atom stereocenters. The first-order valence-corrected chi connectivity index (χ1v) is 6.64. The van der Waals surface area contributed by atoms with E-state index in [9.17, 15) is 4.79 Å². The number of nitrogens with zero attached hydrogens (tertiary/aromatic N) is 3. The zero-order valence-electron chi connectivity index (χ0n) is 11.6. The molecule has 0 radical (unpaired) electrons. The van der Waals surface area contributed by atoms with Crippen molar-refractivity contribution < 1.29 is 4.79 Å². The second-order valence-corrected chi connectivity index (χ2v) is 5.46. The summed E-state index contributed by atoms with van der Waals surface area (Å²) in [6, 6.07) is 3.54. The average molecular weight is 263 g/mol.